The van der Waals surface area contributed by atoms with Crippen molar-refractivity contribution in [3.8, 4) is 0 Å². The molecule has 1 N–H and O–H groups in total. The molecule has 0 fully saturated rings. The summed E-state index contributed by atoms with van der Waals surface area (Å²) < 4.78 is 4.92. The maximum Gasteiger partial charge on any atom is 0.341 e. The molecule has 0 aliphatic heterocycles. The van der Waals surface area contributed by atoms with Gasteiger partial charge >= 0.3 is 5.97 Å². The highest BCUT2D eigenvalue weighted by atomic mass is 16.5. The van der Waals surface area contributed by atoms with Crippen LogP contribution >= 0.6 is 0 Å². The standard InChI is InChI=1S/C10H16N2O2.CH2O/c1-5-14-9(13)7-6-11-12-8(7)10(2,3)4;1-2/h6H,5H2,1-4H3,(H,11,12);1H2. The lowest BCUT2D eigenvalue weighted by atomic mass is 9.90. The third kappa shape index (κ3) is 3.49. The Morgan fingerprint density at radius 2 is 2.06 bits per heavy atom. The van der Waals surface area contributed by atoms with Crippen LogP contribution in [0.4, 0.5) is 0 Å². The van der Waals surface area contributed by atoms with Gasteiger partial charge in [0.2, 0.25) is 0 Å². The van der Waals surface area contributed by atoms with Crippen LogP contribution in [0, 0.1) is 0 Å². The van der Waals surface area contributed by atoms with Crippen molar-refractivity contribution >= 4 is 12.8 Å². The lowest BCUT2D eigenvalue weighted by Crippen LogP contribution is -2.17. The molecule has 90 valence electrons. The number of aromatic nitrogens is 2. The average molecular weight is 226 g/mol. The van der Waals surface area contributed by atoms with Gasteiger partial charge in [-0.1, -0.05) is 20.8 Å². The number of H-pyrrole nitrogens is 1. The SMILES string of the molecule is C=O.CCOC(=O)c1cn[nH]c1C(C)(C)C. The molecule has 0 bridgehead atoms. The van der Waals surface area contributed by atoms with Crippen LogP contribution in [0.15, 0.2) is 6.20 Å². The van der Waals surface area contributed by atoms with Crippen molar-refractivity contribution in [2.75, 3.05) is 6.61 Å². The number of hydrogen-bond donors (Lipinski definition) is 1. The van der Waals surface area contributed by atoms with Gasteiger partial charge in [0.05, 0.1) is 18.5 Å². The van der Waals surface area contributed by atoms with E-state index in [1.807, 2.05) is 27.6 Å². The first-order valence-corrected chi connectivity index (χ1v) is 4.96. The third-order valence-corrected chi connectivity index (χ3v) is 1.88. The number of rotatable bonds is 2. The van der Waals surface area contributed by atoms with Gasteiger partial charge in [0.25, 0.3) is 0 Å². The van der Waals surface area contributed by atoms with E-state index in [0.29, 0.717) is 12.2 Å². The van der Waals surface area contributed by atoms with Crippen molar-refractivity contribution in [1.82, 2.24) is 10.2 Å². The summed E-state index contributed by atoms with van der Waals surface area (Å²) in [5, 5.41) is 6.70. The summed E-state index contributed by atoms with van der Waals surface area (Å²) in [4.78, 5) is 19.5. The minimum atomic E-state index is -0.314. The molecule has 0 radical (unpaired) electrons. The van der Waals surface area contributed by atoms with E-state index in [-0.39, 0.29) is 11.4 Å². The molecular formula is C11H18N2O3. The third-order valence-electron chi connectivity index (χ3n) is 1.88. The van der Waals surface area contributed by atoms with Gasteiger partial charge in [-0.05, 0) is 6.92 Å². The van der Waals surface area contributed by atoms with Crippen LogP contribution < -0.4 is 0 Å². The van der Waals surface area contributed by atoms with Crippen molar-refractivity contribution in [1.29, 1.82) is 0 Å². The molecule has 1 rings (SSSR count). The summed E-state index contributed by atoms with van der Waals surface area (Å²) >= 11 is 0. The molecule has 0 saturated carbocycles. The Morgan fingerprint density at radius 1 is 1.50 bits per heavy atom. The van der Waals surface area contributed by atoms with Crippen LogP contribution in [0.5, 0.6) is 0 Å². The monoisotopic (exact) mass is 226 g/mol. The molecule has 16 heavy (non-hydrogen) atoms. The second kappa shape index (κ2) is 6.05. The predicted octanol–water partition coefficient (Wildman–Crippen LogP) is 1.70. The average Bonchev–Trinajstić information content (AvgIpc) is 2.69. The van der Waals surface area contributed by atoms with Crippen molar-refractivity contribution in [3.05, 3.63) is 17.5 Å². The normalized spacial score (nSPS) is 10.2. The lowest BCUT2D eigenvalue weighted by molar-refractivity contribution is -0.0980. The van der Waals surface area contributed by atoms with Gasteiger partial charge < -0.3 is 9.53 Å². The molecule has 0 unspecified atom stereocenters. The second-order valence-corrected chi connectivity index (χ2v) is 4.13. The van der Waals surface area contributed by atoms with Crippen LogP contribution in [-0.4, -0.2) is 29.6 Å². The molecule has 5 heteroatoms. The smallest absolute Gasteiger partial charge is 0.341 e. The number of carbonyl (C=O) groups is 2. The highest BCUT2D eigenvalue weighted by Gasteiger charge is 2.24. The summed E-state index contributed by atoms with van der Waals surface area (Å²) in [6, 6.07) is 0. The molecule has 0 atom stereocenters. The minimum absolute atomic E-state index is 0.126. The van der Waals surface area contributed by atoms with Crippen LogP contribution in [0.25, 0.3) is 0 Å². The largest absolute Gasteiger partial charge is 0.462 e. The van der Waals surface area contributed by atoms with Crippen LogP contribution in [0.2, 0.25) is 0 Å². The lowest BCUT2D eigenvalue weighted by Gasteiger charge is -2.17. The molecule has 0 aliphatic rings. The van der Waals surface area contributed by atoms with E-state index in [9.17, 15) is 4.79 Å². The zero-order chi connectivity index (χ0) is 12.8. The Morgan fingerprint density at radius 3 is 2.50 bits per heavy atom. The molecular weight excluding hydrogens is 208 g/mol. The molecule has 5 nitrogen and oxygen atoms in total. The van der Waals surface area contributed by atoms with E-state index in [1.165, 1.54) is 6.20 Å². The van der Waals surface area contributed by atoms with Gasteiger partial charge in [0.1, 0.15) is 12.4 Å². The summed E-state index contributed by atoms with van der Waals surface area (Å²) in [5.41, 5.74) is 1.22. The van der Waals surface area contributed by atoms with Crippen LogP contribution in [-0.2, 0) is 14.9 Å². The zero-order valence-electron chi connectivity index (χ0n) is 10.2. The van der Waals surface area contributed by atoms with Crippen molar-refractivity contribution < 1.29 is 14.3 Å². The highest BCUT2D eigenvalue weighted by molar-refractivity contribution is 5.90. The highest BCUT2D eigenvalue weighted by Crippen LogP contribution is 2.23. The van der Waals surface area contributed by atoms with Crippen molar-refractivity contribution in [3.63, 3.8) is 0 Å². The van der Waals surface area contributed by atoms with E-state index in [2.05, 4.69) is 10.2 Å². The Hall–Kier alpha value is -1.65. The van der Waals surface area contributed by atoms with Gasteiger partial charge in [-0.25, -0.2) is 4.79 Å². The number of carbonyl (C=O) groups excluding carboxylic acids is 2. The number of aromatic amines is 1. The van der Waals surface area contributed by atoms with Crippen molar-refractivity contribution in [2.24, 2.45) is 0 Å². The van der Waals surface area contributed by atoms with E-state index in [1.54, 1.807) is 6.92 Å². The summed E-state index contributed by atoms with van der Waals surface area (Å²) in [5.74, 6) is -0.314. The summed E-state index contributed by atoms with van der Waals surface area (Å²) in [6.45, 7) is 10.2. The van der Waals surface area contributed by atoms with E-state index >= 15 is 0 Å². The quantitative estimate of drug-likeness (QED) is 0.779. The maximum absolute atomic E-state index is 11.5. The molecule has 1 aromatic rings. The fourth-order valence-electron chi connectivity index (χ4n) is 1.22. The van der Waals surface area contributed by atoms with E-state index < -0.39 is 0 Å². The zero-order valence-corrected chi connectivity index (χ0v) is 10.2. The van der Waals surface area contributed by atoms with Gasteiger partial charge in [-0.3, -0.25) is 5.10 Å². The Labute approximate surface area is 95.2 Å². The first-order valence-electron chi connectivity index (χ1n) is 4.96. The van der Waals surface area contributed by atoms with Crippen LogP contribution in [0.1, 0.15) is 43.7 Å². The first kappa shape index (κ1) is 14.3. The van der Waals surface area contributed by atoms with Gasteiger partial charge in [-0.2, -0.15) is 5.10 Å². The number of ether oxygens (including phenoxy) is 1. The Bertz CT molecular complexity index is 339. The molecule has 0 saturated heterocycles. The molecule has 0 spiro atoms. The summed E-state index contributed by atoms with van der Waals surface area (Å²) in [6.07, 6.45) is 1.51. The molecule has 0 amide bonds. The second-order valence-electron chi connectivity index (χ2n) is 4.13. The predicted molar refractivity (Wildman–Crippen MR) is 60.4 cm³/mol. The van der Waals surface area contributed by atoms with Crippen molar-refractivity contribution in [2.45, 2.75) is 33.1 Å². The Kier molecular flexibility index (Phi) is 5.42. The first-order chi connectivity index (χ1) is 7.46. The number of esters is 1. The minimum Gasteiger partial charge on any atom is -0.462 e. The van der Waals surface area contributed by atoms with Gasteiger partial charge in [0, 0.05) is 5.41 Å². The summed E-state index contributed by atoms with van der Waals surface area (Å²) in [7, 11) is 0. The van der Waals surface area contributed by atoms with E-state index in [4.69, 9.17) is 9.53 Å². The molecule has 0 aromatic carbocycles. The fraction of sp³-hybridized carbons (Fsp3) is 0.545. The number of nitrogens with one attached hydrogen (secondary N) is 1. The van der Waals surface area contributed by atoms with Gasteiger partial charge in [0.15, 0.2) is 0 Å². The number of nitrogens with zero attached hydrogens (tertiary/aromatic N) is 1. The van der Waals surface area contributed by atoms with Gasteiger partial charge in [-0.15, -0.1) is 0 Å². The molecule has 1 heterocycles. The molecule has 0 aliphatic carbocycles. The maximum atomic E-state index is 11.5. The Balaban J connectivity index is 0.00000106. The topological polar surface area (TPSA) is 72.1 Å². The molecule has 1 aromatic heterocycles. The fourth-order valence-corrected chi connectivity index (χ4v) is 1.22. The van der Waals surface area contributed by atoms with Crippen LogP contribution in [0.3, 0.4) is 0 Å². The van der Waals surface area contributed by atoms with E-state index in [0.717, 1.165) is 5.69 Å². The number of hydrogen-bond acceptors (Lipinski definition) is 4.